The van der Waals surface area contributed by atoms with Gasteiger partial charge in [-0.3, -0.25) is 9.69 Å². The van der Waals surface area contributed by atoms with Crippen molar-refractivity contribution in [2.75, 3.05) is 4.90 Å². The second-order valence-corrected chi connectivity index (χ2v) is 7.78. The third kappa shape index (κ3) is 3.69. The standard InChI is InChI=1S/C24H19BrN2O/c1-16-5-3-7-19(13-16)23-26-22(15-18-9-11-20(25)12-10-18)24(28)27(23)21-8-4-6-17(2)14-21/h3-15H,1-2H3/b22-15+. The number of nitrogens with zero attached hydrogens (tertiary/aromatic N) is 2. The molecule has 1 amide bonds. The molecule has 0 aliphatic carbocycles. The Kier molecular flexibility index (Phi) is 4.97. The minimum Gasteiger partial charge on any atom is -0.266 e. The quantitative estimate of drug-likeness (QED) is 0.476. The molecule has 3 aromatic carbocycles. The summed E-state index contributed by atoms with van der Waals surface area (Å²) in [6.45, 7) is 4.06. The lowest BCUT2D eigenvalue weighted by Crippen LogP contribution is -2.32. The fourth-order valence-electron chi connectivity index (χ4n) is 3.22. The maximum atomic E-state index is 13.3. The molecule has 4 rings (SSSR count). The van der Waals surface area contributed by atoms with Crippen LogP contribution in [0.5, 0.6) is 0 Å². The van der Waals surface area contributed by atoms with Gasteiger partial charge < -0.3 is 0 Å². The van der Waals surface area contributed by atoms with Gasteiger partial charge in [-0.05, 0) is 61.4 Å². The van der Waals surface area contributed by atoms with Gasteiger partial charge in [0.2, 0.25) is 0 Å². The predicted octanol–water partition coefficient (Wildman–Crippen LogP) is 5.90. The van der Waals surface area contributed by atoms with Crippen molar-refractivity contribution in [2.45, 2.75) is 13.8 Å². The van der Waals surface area contributed by atoms with E-state index in [2.05, 4.69) is 22.0 Å². The molecule has 0 spiro atoms. The van der Waals surface area contributed by atoms with E-state index in [1.165, 1.54) is 0 Å². The highest BCUT2D eigenvalue weighted by molar-refractivity contribution is 9.10. The molecule has 0 saturated heterocycles. The maximum Gasteiger partial charge on any atom is 0.282 e. The average molecular weight is 431 g/mol. The van der Waals surface area contributed by atoms with E-state index in [1.807, 2.05) is 86.7 Å². The van der Waals surface area contributed by atoms with E-state index in [4.69, 9.17) is 4.99 Å². The van der Waals surface area contributed by atoms with Crippen molar-refractivity contribution in [3.05, 3.63) is 105 Å². The molecule has 0 bridgehead atoms. The molecular formula is C24H19BrN2O. The summed E-state index contributed by atoms with van der Waals surface area (Å²) in [5, 5.41) is 0. The highest BCUT2D eigenvalue weighted by atomic mass is 79.9. The number of benzene rings is 3. The first-order valence-corrected chi connectivity index (χ1v) is 9.85. The Morgan fingerprint density at radius 2 is 1.57 bits per heavy atom. The summed E-state index contributed by atoms with van der Waals surface area (Å²) < 4.78 is 0.998. The summed E-state index contributed by atoms with van der Waals surface area (Å²) in [6, 6.07) is 23.8. The summed E-state index contributed by atoms with van der Waals surface area (Å²) in [5.41, 5.74) is 5.34. The number of aliphatic imine (C=N–C) groups is 1. The Balaban J connectivity index is 1.84. The Morgan fingerprint density at radius 3 is 2.25 bits per heavy atom. The van der Waals surface area contributed by atoms with Gasteiger partial charge in [-0.15, -0.1) is 0 Å². The van der Waals surface area contributed by atoms with Gasteiger partial charge in [0.1, 0.15) is 11.5 Å². The predicted molar refractivity (Wildman–Crippen MR) is 119 cm³/mol. The number of carbonyl (C=O) groups excluding carboxylic acids is 1. The Morgan fingerprint density at radius 1 is 0.893 bits per heavy atom. The van der Waals surface area contributed by atoms with Crippen LogP contribution in [0, 0.1) is 13.8 Å². The van der Waals surface area contributed by atoms with Crippen molar-refractivity contribution in [2.24, 2.45) is 4.99 Å². The van der Waals surface area contributed by atoms with Crippen LogP contribution in [0.3, 0.4) is 0 Å². The SMILES string of the molecule is Cc1cccc(C2=N/C(=C/c3ccc(Br)cc3)C(=O)N2c2cccc(C)c2)c1. The molecule has 0 atom stereocenters. The molecular weight excluding hydrogens is 412 g/mol. The van der Waals surface area contributed by atoms with Crippen LogP contribution in [0.15, 0.2) is 88.0 Å². The number of hydrogen-bond donors (Lipinski definition) is 0. The van der Waals surface area contributed by atoms with Crippen molar-refractivity contribution in [1.82, 2.24) is 0 Å². The monoisotopic (exact) mass is 430 g/mol. The van der Waals surface area contributed by atoms with Gasteiger partial charge in [-0.1, -0.05) is 64.0 Å². The molecule has 138 valence electrons. The van der Waals surface area contributed by atoms with E-state index in [0.717, 1.165) is 32.4 Å². The molecule has 0 radical (unpaired) electrons. The largest absolute Gasteiger partial charge is 0.282 e. The van der Waals surface area contributed by atoms with Crippen LogP contribution < -0.4 is 4.90 Å². The van der Waals surface area contributed by atoms with Crippen LogP contribution in [0.2, 0.25) is 0 Å². The highest BCUT2D eigenvalue weighted by Gasteiger charge is 2.32. The third-order valence-corrected chi connectivity index (χ3v) is 5.10. The van der Waals surface area contributed by atoms with E-state index < -0.39 is 0 Å². The molecule has 3 nitrogen and oxygen atoms in total. The first-order valence-electron chi connectivity index (χ1n) is 9.05. The van der Waals surface area contributed by atoms with Crippen LogP contribution in [0.4, 0.5) is 5.69 Å². The molecule has 0 saturated carbocycles. The fourth-order valence-corrected chi connectivity index (χ4v) is 3.48. The summed E-state index contributed by atoms with van der Waals surface area (Å²) in [6.07, 6.45) is 1.83. The average Bonchev–Trinajstić information content (AvgIpc) is 3.00. The van der Waals surface area contributed by atoms with Gasteiger partial charge in [0, 0.05) is 10.0 Å². The molecule has 0 fully saturated rings. The lowest BCUT2D eigenvalue weighted by Gasteiger charge is -2.19. The van der Waals surface area contributed by atoms with Crippen molar-refractivity contribution in [3.8, 4) is 0 Å². The van der Waals surface area contributed by atoms with Gasteiger partial charge in [-0.25, -0.2) is 4.99 Å². The zero-order chi connectivity index (χ0) is 19.7. The zero-order valence-electron chi connectivity index (χ0n) is 15.7. The normalized spacial score (nSPS) is 15.2. The van der Waals surface area contributed by atoms with Crippen molar-refractivity contribution in [1.29, 1.82) is 0 Å². The van der Waals surface area contributed by atoms with Gasteiger partial charge in [-0.2, -0.15) is 0 Å². The molecule has 1 aliphatic heterocycles. The summed E-state index contributed by atoms with van der Waals surface area (Å²) >= 11 is 3.44. The molecule has 4 heteroatoms. The second kappa shape index (κ2) is 7.56. The van der Waals surface area contributed by atoms with E-state index >= 15 is 0 Å². The first kappa shape index (κ1) is 18.4. The van der Waals surface area contributed by atoms with Crippen molar-refractivity contribution < 1.29 is 4.79 Å². The number of anilines is 1. The minimum absolute atomic E-state index is 0.120. The van der Waals surface area contributed by atoms with Crippen LogP contribution in [-0.4, -0.2) is 11.7 Å². The molecule has 0 aromatic heterocycles. The van der Waals surface area contributed by atoms with E-state index in [9.17, 15) is 4.79 Å². The fraction of sp³-hybridized carbons (Fsp3) is 0.0833. The molecule has 0 N–H and O–H groups in total. The summed E-state index contributed by atoms with van der Waals surface area (Å²) in [5.74, 6) is 0.535. The van der Waals surface area contributed by atoms with Crippen LogP contribution in [0.1, 0.15) is 22.3 Å². The van der Waals surface area contributed by atoms with Gasteiger partial charge in [0.15, 0.2) is 0 Å². The van der Waals surface area contributed by atoms with Crippen LogP contribution >= 0.6 is 15.9 Å². The van der Waals surface area contributed by atoms with Gasteiger partial charge >= 0.3 is 0 Å². The van der Waals surface area contributed by atoms with Gasteiger partial charge in [0.05, 0.1) is 5.69 Å². The summed E-state index contributed by atoms with van der Waals surface area (Å²) in [4.78, 5) is 19.7. The Hall–Kier alpha value is -2.98. The molecule has 28 heavy (non-hydrogen) atoms. The smallest absolute Gasteiger partial charge is 0.266 e. The van der Waals surface area contributed by atoms with E-state index in [-0.39, 0.29) is 5.91 Å². The van der Waals surface area contributed by atoms with E-state index in [1.54, 1.807) is 4.90 Å². The topological polar surface area (TPSA) is 32.7 Å². The minimum atomic E-state index is -0.120. The number of amidine groups is 1. The molecule has 0 unspecified atom stereocenters. The third-order valence-electron chi connectivity index (χ3n) is 4.57. The number of aryl methyl sites for hydroxylation is 2. The lowest BCUT2D eigenvalue weighted by atomic mass is 10.1. The van der Waals surface area contributed by atoms with Gasteiger partial charge in [0.25, 0.3) is 5.91 Å². The molecule has 1 aliphatic rings. The highest BCUT2D eigenvalue weighted by Crippen LogP contribution is 2.29. The number of amides is 1. The van der Waals surface area contributed by atoms with E-state index in [0.29, 0.717) is 11.5 Å². The summed E-state index contributed by atoms with van der Waals surface area (Å²) in [7, 11) is 0. The van der Waals surface area contributed by atoms with Crippen molar-refractivity contribution in [3.63, 3.8) is 0 Å². The number of hydrogen-bond acceptors (Lipinski definition) is 2. The van der Waals surface area contributed by atoms with Crippen molar-refractivity contribution >= 4 is 39.4 Å². The molecule has 3 aromatic rings. The number of rotatable bonds is 3. The maximum absolute atomic E-state index is 13.3. The first-order chi connectivity index (χ1) is 13.5. The number of carbonyl (C=O) groups is 1. The molecule has 1 heterocycles. The number of halogens is 1. The Bertz CT molecular complexity index is 1110. The lowest BCUT2D eigenvalue weighted by molar-refractivity contribution is -0.113. The second-order valence-electron chi connectivity index (χ2n) is 6.87. The van der Waals surface area contributed by atoms with Crippen LogP contribution in [-0.2, 0) is 4.79 Å². The van der Waals surface area contributed by atoms with Crippen LogP contribution in [0.25, 0.3) is 6.08 Å². The Labute approximate surface area is 173 Å². The zero-order valence-corrected chi connectivity index (χ0v) is 17.3.